The van der Waals surface area contributed by atoms with E-state index in [1.165, 1.54) is 12.5 Å². The second-order valence-corrected chi connectivity index (χ2v) is 4.74. The summed E-state index contributed by atoms with van der Waals surface area (Å²) in [7, 11) is 0. The first-order valence-electron chi connectivity index (χ1n) is 6.39. The summed E-state index contributed by atoms with van der Waals surface area (Å²) in [6.07, 6.45) is 3.24. The highest BCUT2D eigenvalue weighted by Gasteiger charge is 2.17. The highest BCUT2D eigenvalue weighted by molar-refractivity contribution is 5.89. The largest absolute Gasteiger partial charge is 0.325 e. The Hall–Kier alpha value is -2.11. The number of rotatable bonds is 2. The van der Waals surface area contributed by atoms with Gasteiger partial charge < -0.3 is 10.2 Å². The van der Waals surface area contributed by atoms with E-state index in [0.29, 0.717) is 11.3 Å². The number of nitrogens with one attached hydrogen (secondary N) is 1. The molecule has 2 rings (SSSR count). The van der Waals surface area contributed by atoms with Gasteiger partial charge in [0, 0.05) is 30.4 Å². The van der Waals surface area contributed by atoms with Gasteiger partial charge in [0.2, 0.25) is 0 Å². The molecule has 6 heteroatoms. The van der Waals surface area contributed by atoms with Crippen molar-refractivity contribution >= 4 is 17.4 Å². The third-order valence-corrected chi connectivity index (χ3v) is 3.29. The van der Waals surface area contributed by atoms with Crippen molar-refractivity contribution < 1.29 is 9.72 Å². The standard InChI is InChI=1S/C13H17N3O3/c1-10-9-11(5-6-12(10)16(18)19)14-13(17)15-7-3-2-4-8-15/h5-6,9H,2-4,7-8H2,1H3,(H,14,17). The van der Waals surface area contributed by atoms with Gasteiger partial charge in [-0.1, -0.05) is 0 Å². The van der Waals surface area contributed by atoms with Crippen LogP contribution in [0.5, 0.6) is 0 Å². The van der Waals surface area contributed by atoms with Gasteiger partial charge >= 0.3 is 6.03 Å². The lowest BCUT2D eigenvalue weighted by Crippen LogP contribution is -2.38. The summed E-state index contributed by atoms with van der Waals surface area (Å²) in [6.45, 7) is 3.21. The number of nitro benzene ring substituents is 1. The second-order valence-electron chi connectivity index (χ2n) is 4.74. The Morgan fingerprint density at radius 3 is 2.58 bits per heavy atom. The molecule has 2 amide bonds. The van der Waals surface area contributed by atoms with Gasteiger partial charge in [-0.25, -0.2) is 4.79 Å². The molecule has 1 N–H and O–H groups in total. The van der Waals surface area contributed by atoms with Gasteiger partial charge in [-0.2, -0.15) is 0 Å². The van der Waals surface area contributed by atoms with Gasteiger partial charge in [0.15, 0.2) is 0 Å². The van der Waals surface area contributed by atoms with Crippen LogP contribution in [-0.4, -0.2) is 28.9 Å². The van der Waals surface area contributed by atoms with Crippen LogP contribution in [0.4, 0.5) is 16.2 Å². The number of amides is 2. The number of urea groups is 1. The second kappa shape index (κ2) is 5.69. The van der Waals surface area contributed by atoms with Crippen molar-refractivity contribution in [2.75, 3.05) is 18.4 Å². The van der Waals surface area contributed by atoms with E-state index in [2.05, 4.69) is 5.32 Å². The predicted octanol–water partition coefficient (Wildman–Crippen LogP) is 2.92. The molecular weight excluding hydrogens is 246 g/mol. The summed E-state index contributed by atoms with van der Waals surface area (Å²) in [6, 6.07) is 4.47. The van der Waals surface area contributed by atoms with E-state index in [0.717, 1.165) is 25.9 Å². The third-order valence-electron chi connectivity index (χ3n) is 3.29. The molecular formula is C13H17N3O3. The summed E-state index contributed by atoms with van der Waals surface area (Å²) in [5, 5.41) is 13.5. The molecule has 0 radical (unpaired) electrons. The van der Waals surface area contributed by atoms with Gasteiger partial charge in [0.05, 0.1) is 4.92 Å². The molecule has 1 saturated heterocycles. The normalized spacial score (nSPS) is 15.1. The van der Waals surface area contributed by atoms with Gasteiger partial charge in [0.1, 0.15) is 0 Å². The molecule has 0 aliphatic carbocycles. The summed E-state index contributed by atoms with van der Waals surface area (Å²) >= 11 is 0. The average molecular weight is 263 g/mol. The molecule has 0 saturated carbocycles. The molecule has 0 spiro atoms. The lowest BCUT2D eigenvalue weighted by molar-refractivity contribution is -0.385. The van der Waals surface area contributed by atoms with Crippen molar-refractivity contribution in [2.45, 2.75) is 26.2 Å². The van der Waals surface area contributed by atoms with Crippen LogP contribution in [0.15, 0.2) is 18.2 Å². The highest BCUT2D eigenvalue weighted by Crippen LogP contribution is 2.22. The Morgan fingerprint density at radius 2 is 2.00 bits per heavy atom. The van der Waals surface area contributed by atoms with Crippen LogP contribution in [0.25, 0.3) is 0 Å². The van der Waals surface area contributed by atoms with Crippen molar-refractivity contribution in [3.8, 4) is 0 Å². The topological polar surface area (TPSA) is 75.5 Å². The van der Waals surface area contributed by atoms with E-state index >= 15 is 0 Å². The van der Waals surface area contributed by atoms with Crippen LogP contribution >= 0.6 is 0 Å². The number of nitro groups is 1. The zero-order valence-electron chi connectivity index (χ0n) is 10.9. The third kappa shape index (κ3) is 3.21. The first-order chi connectivity index (χ1) is 9.08. The Kier molecular flexibility index (Phi) is 3.99. The maximum atomic E-state index is 12.0. The summed E-state index contributed by atoms with van der Waals surface area (Å²) < 4.78 is 0. The molecule has 1 aromatic carbocycles. The number of benzene rings is 1. The maximum Gasteiger partial charge on any atom is 0.321 e. The van der Waals surface area contributed by atoms with Crippen LogP contribution in [-0.2, 0) is 0 Å². The number of aryl methyl sites for hydroxylation is 1. The summed E-state index contributed by atoms with van der Waals surface area (Å²) in [5.41, 5.74) is 1.20. The fourth-order valence-electron chi connectivity index (χ4n) is 2.24. The fraction of sp³-hybridized carbons (Fsp3) is 0.462. The van der Waals surface area contributed by atoms with E-state index in [-0.39, 0.29) is 11.7 Å². The molecule has 6 nitrogen and oxygen atoms in total. The zero-order valence-corrected chi connectivity index (χ0v) is 10.9. The minimum absolute atomic E-state index is 0.0657. The van der Waals surface area contributed by atoms with Crippen molar-refractivity contribution in [1.82, 2.24) is 4.90 Å². The van der Waals surface area contributed by atoms with E-state index < -0.39 is 4.92 Å². The van der Waals surface area contributed by atoms with E-state index in [1.54, 1.807) is 24.0 Å². The van der Waals surface area contributed by atoms with Gasteiger partial charge in [-0.05, 0) is 38.3 Å². The zero-order chi connectivity index (χ0) is 13.8. The fourth-order valence-corrected chi connectivity index (χ4v) is 2.24. The summed E-state index contributed by atoms with van der Waals surface area (Å²) in [5.74, 6) is 0. The summed E-state index contributed by atoms with van der Waals surface area (Å²) in [4.78, 5) is 24.0. The van der Waals surface area contributed by atoms with Crippen molar-refractivity contribution in [3.05, 3.63) is 33.9 Å². The Balaban J connectivity index is 2.04. The SMILES string of the molecule is Cc1cc(NC(=O)N2CCCCC2)ccc1[N+](=O)[O-]. The van der Waals surface area contributed by atoms with Crippen LogP contribution in [0.3, 0.4) is 0 Å². The number of hydrogen-bond donors (Lipinski definition) is 1. The molecule has 0 aromatic heterocycles. The van der Waals surface area contributed by atoms with Crippen molar-refractivity contribution in [2.24, 2.45) is 0 Å². The first kappa shape index (κ1) is 13.3. The van der Waals surface area contributed by atoms with Gasteiger partial charge in [-0.3, -0.25) is 10.1 Å². The number of carbonyl (C=O) groups excluding carboxylic acids is 1. The number of likely N-dealkylation sites (tertiary alicyclic amines) is 1. The average Bonchev–Trinajstić information content (AvgIpc) is 2.39. The Morgan fingerprint density at radius 1 is 1.32 bits per heavy atom. The van der Waals surface area contributed by atoms with Gasteiger partial charge in [0.25, 0.3) is 5.69 Å². The molecule has 1 heterocycles. The lowest BCUT2D eigenvalue weighted by Gasteiger charge is -2.26. The Bertz CT molecular complexity index is 496. The highest BCUT2D eigenvalue weighted by atomic mass is 16.6. The van der Waals surface area contributed by atoms with E-state index in [9.17, 15) is 14.9 Å². The number of carbonyl (C=O) groups is 1. The maximum absolute atomic E-state index is 12.0. The minimum atomic E-state index is -0.425. The minimum Gasteiger partial charge on any atom is -0.325 e. The quantitative estimate of drug-likeness (QED) is 0.658. The molecule has 0 unspecified atom stereocenters. The molecule has 19 heavy (non-hydrogen) atoms. The lowest BCUT2D eigenvalue weighted by atomic mass is 10.1. The first-order valence-corrected chi connectivity index (χ1v) is 6.39. The monoisotopic (exact) mass is 263 g/mol. The van der Waals surface area contributed by atoms with Crippen LogP contribution in [0, 0.1) is 17.0 Å². The van der Waals surface area contributed by atoms with Crippen LogP contribution in [0.1, 0.15) is 24.8 Å². The molecule has 1 aliphatic heterocycles. The number of hydrogen-bond acceptors (Lipinski definition) is 3. The van der Waals surface area contributed by atoms with Crippen molar-refractivity contribution in [1.29, 1.82) is 0 Å². The van der Waals surface area contributed by atoms with Crippen LogP contribution < -0.4 is 5.32 Å². The van der Waals surface area contributed by atoms with Crippen LogP contribution in [0.2, 0.25) is 0 Å². The molecule has 1 fully saturated rings. The molecule has 1 aromatic rings. The Labute approximate surface area is 111 Å². The molecule has 102 valence electrons. The number of anilines is 1. The molecule has 0 atom stereocenters. The molecule has 1 aliphatic rings. The van der Waals surface area contributed by atoms with E-state index in [1.807, 2.05) is 0 Å². The van der Waals surface area contributed by atoms with Gasteiger partial charge in [-0.15, -0.1) is 0 Å². The van der Waals surface area contributed by atoms with Crippen molar-refractivity contribution in [3.63, 3.8) is 0 Å². The molecule has 0 bridgehead atoms. The predicted molar refractivity (Wildman–Crippen MR) is 72.3 cm³/mol. The number of piperidine rings is 1. The smallest absolute Gasteiger partial charge is 0.321 e. The van der Waals surface area contributed by atoms with E-state index in [4.69, 9.17) is 0 Å². The number of nitrogens with zero attached hydrogens (tertiary/aromatic N) is 2.